The van der Waals surface area contributed by atoms with Gasteiger partial charge in [0.25, 0.3) is 0 Å². The van der Waals surface area contributed by atoms with E-state index in [9.17, 15) is 9.59 Å². The van der Waals surface area contributed by atoms with Gasteiger partial charge in [-0.15, -0.1) is 0 Å². The number of hydrogen-bond donors (Lipinski definition) is 2. The fraction of sp³-hybridized carbons (Fsp3) is 0. The van der Waals surface area contributed by atoms with Gasteiger partial charge in [-0.25, -0.2) is 9.59 Å². The molecule has 0 radical (unpaired) electrons. The van der Waals surface area contributed by atoms with Gasteiger partial charge in [-0.1, -0.05) is 36.4 Å². The van der Waals surface area contributed by atoms with Crippen molar-refractivity contribution in [2.75, 3.05) is 0 Å². The molecule has 0 aliphatic carbocycles. The first kappa shape index (κ1) is 15.1. The lowest BCUT2D eigenvalue weighted by Crippen LogP contribution is -2.01. The molecule has 6 nitrogen and oxygen atoms in total. The van der Waals surface area contributed by atoms with E-state index in [1.165, 1.54) is 24.6 Å². The van der Waals surface area contributed by atoms with Crippen molar-refractivity contribution in [2.45, 2.75) is 0 Å². The van der Waals surface area contributed by atoms with Crippen LogP contribution in [0, 0.1) is 0 Å². The Labute approximate surface area is 126 Å². The van der Waals surface area contributed by atoms with Crippen LogP contribution in [0.5, 0.6) is 0 Å². The third-order valence-corrected chi connectivity index (χ3v) is 2.84. The molecule has 0 unspecified atom stereocenters. The highest BCUT2D eigenvalue weighted by Gasteiger charge is 2.07. The molecule has 0 bridgehead atoms. The van der Waals surface area contributed by atoms with Crippen LogP contribution < -0.4 is 0 Å². The standard InChI is InChI=1S/C16H12N2O4/c19-15(20)13-7-3-1-5-11(13)9-17-18-10-12-6-2-4-8-14(12)16(21)22/h1-10H,(H,19,20)(H,21,22). The molecule has 0 saturated heterocycles. The first-order valence-electron chi connectivity index (χ1n) is 6.30. The zero-order chi connectivity index (χ0) is 15.9. The van der Waals surface area contributed by atoms with E-state index in [1.54, 1.807) is 36.4 Å². The molecular weight excluding hydrogens is 284 g/mol. The number of nitrogens with zero attached hydrogens (tertiary/aromatic N) is 2. The third-order valence-electron chi connectivity index (χ3n) is 2.84. The molecule has 0 saturated carbocycles. The normalized spacial score (nSPS) is 11.1. The Morgan fingerprint density at radius 2 is 1.09 bits per heavy atom. The second-order valence-electron chi connectivity index (χ2n) is 4.27. The van der Waals surface area contributed by atoms with E-state index < -0.39 is 11.9 Å². The van der Waals surface area contributed by atoms with Gasteiger partial charge in [0.1, 0.15) is 0 Å². The summed E-state index contributed by atoms with van der Waals surface area (Å²) in [6, 6.07) is 12.8. The minimum atomic E-state index is -1.05. The van der Waals surface area contributed by atoms with Gasteiger partial charge in [0.05, 0.1) is 23.6 Å². The Morgan fingerprint density at radius 3 is 1.45 bits per heavy atom. The van der Waals surface area contributed by atoms with Crippen LogP contribution >= 0.6 is 0 Å². The van der Waals surface area contributed by atoms with Gasteiger partial charge >= 0.3 is 11.9 Å². The molecule has 0 heterocycles. The number of carbonyl (C=O) groups is 2. The second kappa shape index (κ2) is 6.94. The summed E-state index contributed by atoms with van der Waals surface area (Å²) >= 11 is 0. The molecule has 2 aromatic carbocycles. The summed E-state index contributed by atoms with van der Waals surface area (Å²) in [5.74, 6) is -2.11. The van der Waals surface area contributed by atoms with Crippen LogP contribution in [0.1, 0.15) is 31.8 Å². The van der Waals surface area contributed by atoms with Gasteiger partial charge < -0.3 is 10.2 Å². The van der Waals surface area contributed by atoms with E-state index in [2.05, 4.69) is 10.2 Å². The lowest BCUT2D eigenvalue weighted by atomic mass is 10.1. The molecule has 110 valence electrons. The molecular formula is C16H12N2O4. The van der Waals surface area contributed by atoms with E-state index in [-0.39, 0.29) is 11.1 Å². The average Bonchev–Trinajstić information content (AvgIpc) is 2.52. The fourth-order valence-electron chi connectivity index (χ4n) is 1.80. The van der Waals surface area contributed by atoms with Crippen LogP contribution in [0.4, 0.5) is 0 Å². The van der Waals surface area contributed by atoms with Gasteiger partial charge in [0, 0.05) is 11.1 Å². The van der Waals surface area contributed by atoms with E-state index >= 15 is 0 Å². The van der Waals surface area contributed by atoms with Gasteiger partial charge in [-0.05, 0) is 12.1 Å². The molecule has 2 rings (SSSR count). The van der Waals surface area contributed by atoms with Crippen LogP contribution in [0.25, 0.3) is 0 Å². The van der Waals surface area contributed by atoms with Crippen LogP contribution in [0.2, 0.25) is 0 Å². The Balaban J connectivity index is 2.20. The first-order chi connectivity index (χ1) is 10.6. The van der Waals surface area contributed by atoms with Crippen molar-refractivity contribution in [3.63, 3.8) is 0 Å². The number of benzene rings is 2. The molecule has 0 aliphatic rings. The number of rotatable bonds is 5. The Hall–Kier alpha value is -3.28. The van der Waals surface area contributed by atoms with Crippen molar-refractivity contribution in [1.29, 1.82) is 0 Å². The quantitative estimate of drug-likeness (QED) is 0.654. The van der Waals surface area contributed by atoms with Gasteiger partial charge in [-0.2, -0.15) is 10.2 Å². The van der Waals surface area contributed by atoms with Gasteiger partial charge in [-0.3, -0.25) is 0 Å². The van der Waals surface area contributed by atoms with Crippen molar-refractivity contribution in [3.05, 3.63) is 70.8 Å². The van der Waals surface area contributed by atoms with Crippen LogP contribution in [-0.2, 0) is 0 Å². The largest absolute Gasteiger partial charge is 0.478 e. The molecule has 0 fully saturated rings. The predicted octanol–water partition coefficient (Wildman–Crippen LogP) is 2.54. The number of carboxylic acids is 2. The molecule has 0 aromatic heterocycles. The molecule has 0 amide bonds. The monoisotopic (exact) mass is 296 g/mol. The lowest BCUT2D eigenvalue weighted by molar-refractivity contribution is 0.0686. The van der Waals surface area contributed by atoms with E-state index in [0.717, 1.165) is 0 Å². The highest BCUT2D eigenvalue weighted by Crippen LogP contribution is 2.07. The molecule has 0 aliphatic heterocycles. The number of aromatic carboxylic acids is 2. The molecule has 0 atom stereocenters. The molecule has 6 heteroatoms. The summed E-state index contributed by atoms with van der Waals surface area (Å²) in [6.45, 7) is 0. The molecule has 2 aromatic rings. The van der Waals surface area contributed by atoms with Crippen molar-refractivity contribution >= 4 is 24.4 Å². The lowest BCUT2D eigenvalue weighted by Gasteiger charge is -1.99. The zero-order valence-electron chi connectivity index (χ0n) is 11.4. The predicted molar refractivity (Wildman–Crippen MR) is 82.0 cm³/mol. The fourth-order valence-corrected chi connectivity index (χ4v) is 1.80. The van der Waals surface area contributed by atoms with Crippen molar-refractivity contribution in [3.8, 4) is 0 Å². The highest BCUT2D eigenvalue weighted by atomic mass is 16.4. The summed E-state index contributed by atoms with van der Waals surface area (Å²) in [7, 11) is 0. The smallest absolute Gasteiger partial charge is 0.336 e. The van der Waals surface area contributed by atoms with Crippen molar-refractivity contribution < 1.29 is 19.8 Å². The molecule has 0 spiro atoms. The minimum Gasteiger partial charge on any atom is -0.478 e. The summed E-state index contributed by atoms with van der Waals surface area (Å²) in [5.41, 5.74) is 1.07. The van der Waals surface area contributed by atoms with Gasteiger partial charge in [0.2, 0.25) is 0 Å². The second-order valence-corrected chi connectivity index (χ2v) is 4.27. The zero-order valence-corrected chi connectivity index (χ0v) is 11.4. The van der Waals surface area contributed by atoms with Crippen LogP contribution in [0.3, 0.4) is 0 Å². The van der Waals surface area contributed by atoms with E-state index in [4.69, 9.17) is 10.2 Å². The number of hydrogen-bond acceptors (Lipinski definition) is 4. The molecule has 22 heavy (non-hydrogen) atoms. The van der Waals surface area contributed by atoms with Crippen LogP contribution in [-0.4, -0.2) is 34.6 Å². The SMILES string of the molecule is O=C(O)c1ccccc1C=NN=Cc1ccccc1C(=O)O. The topological polar surface area (TPSA) is 99.3 Å². The maximum atomic E-state index is 11.0. The van der Waals surface area contributed by atoms with E-state index in [0.29, 0.717) is 11.1 Å². The summed E-state index contributed by atoms with van der Waals surface area (Å²) in [4.78, 5) is 22.1. The van der Waals surface area contributed by atoms with Crippen LogP contribution in [0.15, 0.2) is 58.7 Å². The highest BCUT2D eigenvalue weighted by molar-refractivity contribution is 5.99. The first-order valence-corrected chi connectivity index (χ1v) is 6.30. The van der Waals surface area contributed by atoms with Gasteiger partial charge in [0.15, 0.2) is 0 Å². The molecule has 2 N–H and O–H groups in total. The summed E-state index contributed by atoms with van der Waals surface area (Å²) in [5, 5.41) is 25.6. The van der Waals surface area contributed by atoms with Crippen molar-refractivity contribution in [2.24, 2.45) is 10.2 Å². The maximum absolute atomic E-state index is 11.0. The number of carboxylic acid groups (broad SMARTS) is 2. The maximum Gasteiger partial charge on any atom is 0.336 e. The third kappa shape index (κ3) is 3.63. The Morgan fingerprint density at radius 1 is 0.727 bits per heavy atom. The minimum absolute atomic E-state index is 0.118. The van der Waals surface area contributed by atoms with E-state index in [1.807, 2.05) is 0 Å². The summed E-state index contributed by atoms with van der Waals surface area (Å²) < 4.78 is 0. The van der Waals surface area contributed by atoms with Crippen molar-refractivity contribution in [1.82, 2.24) is 0 Å². The Kier molecular flexibility index (Phi) is 4.77. The summed E-state index contributed by atoms with van der Waals surface area (Å²) in [6.07, 6.45) is 2.62. The average molecular weight is 296 g/mol. The Bertz CT molecular complexity index is 701.